The Morgan fingerprint density at radius 1 is 1.25 bits per heavy atom. The second-order valence-electron chi connectivity index (χ2n) is 4.05. The van der Waals surface area contributed by atoms with Crippen molar-refractivity contribution in [1.82, 2.24) is 0 Å². The van der Waals surface area contributed by atoms with E-state index in [9.17, 15) is 8.42 Å². The number of hydrogen-bond acceptors (Lipinski definition) is 3. The van der Waals surface area contributed by atoms with Crippen LogP contribution < -0.4 is 4.65 Å². The van der Waals surface area contributed by atoms with Crippen molar-refractivity contribution in [2.45, 2.75) is 24.6 Å². The van der Waals surface area contributed by atoms with E-state index in [0.29, 0.717) is 19.7 Å². The molecule has 1 aromatic rings. The van der Waals surface area contributed by atoms with Crippen molar-refractivity contribution in [2.24, 2.45) is 14.4 Å². The van der Waals surface area contributed by atoms with Gasteiger partial charge in [0.25, 0.3) is 16.0 Å². The minimum absolute atomic E-state index is 0.0532. The van der Waals surface area contributed by atoms with Crippen molar-refractivity contribution in [3.63, 3.8) is 0 Å². The minimum Gasteiger partial charge on any atom is -0.564 e. The highest BCUT2D eigenvalue weighted by molar-refractivity contribution is 7.90. The summed E-state index contributed by atoms with van der Waals surface area (Å²) in [6.45, 7) is 2.00. The fourth-order valence-electron chi connectivity index (χ4n) is 1.48. The summed E-state index contributed by atoms with van der Waals surface area (Å²) in [4.78, 5) is 7.73. The molecule has 1 aliphatic heterocycles. The molecular formula is C12H14BN3O3S. The molecule has 2 rings (SSSR count). The maximum atomic E-state index is 12.0. The number of guanidine groups is 1. The Morgan fingerprint density at radius 2 is 1.90 bits per heavy atom. The molecule has 0 N–H and O–H groups in total. The molecular weight excluding hydrogens is 277 g/mol. The Hall–Kier alpha value is -1.96. The van der Waals surface area contributed by atoms with Gasteiger partial charge in [-0.3, -0.25) is 0 Å². The summed E-state index contributed by atoms with van der Waals surface area (Å²) in [6.07, 6.45) is 4.60. The SMILES string of the molecule is CCBOc1ccc(S(=O)(=O)N=C2N=CCC=N2)cc1. The van der Waals surface area contributed by atoms with Crippen molar-refractivity contribution in [2.75, 3.05) is 0 Å². The number of aliphatic imine (C=N–C) groups is 2. The van der Waals surface area contributed by atoms with Crippen molar-refractivity contribution >= 4 is 35.9 Å². The van der Waals surface area contributed by atoms with Gasteiger partial charge in [-0.25, -0.2) is 9.98 Å². The molecule has 0 spiro atoms. The second-order valence-corrected chi connectivity index (χ2v) is 5.65. The van der Waals surface area contributed by atoms with Crippen LogP contribution in [0, 0.1) is 0 Å². The average Bonchev–Trinajstić information content (AvgIpc) is 2.46. The lowest BCUT2D eigenvalue weighted by atomic mass is 9.97. The molecule has 8 heteroatoms. The maximum Gasteiger partial charge on any atom is 0.339 e. The van der Waals surface area contributed by atoms with Crippen molar-refractivity contribution in [3.8, 4) is 5.75 Å². The monoisotopic (exact) mass is 291 g/mol. The Kier molecular flexibility index (Phi) is 4.68. The van der Waals surface area contributed by atoms with E-state index in [-0.39, 0.29) is 10.9 Å². The van der Waals surface area contributed by atoms with Crippen LogP contribution in [-0.2, 0) is 10.0 Å². The zero-order chi connectivity index (χ0) is 14.4. The largest absolute Gasteiger partial charge is 0.564 e. The van der Waals surface area contributed by atoms with E-state index in [0.717, 1.165) is 6.32 Å². The van der Waals surface area contributed by atoms with Gasteiger partial charge in [0.15, 0.2) is 0 Å². The van der Waals surface area contributed by atoms with Crippen LogP contribution in [0.5, 0.6) is 5.75 Å². The van der Waals surface area contributed by atoms with Crippen LogP contribution in [0.2, 0.25) is 6.32 Å². The van der Waals surface area contributed by atoms with E-state index in [1.807, 2.05) is 6.92 Å². The summed E-state index contributed by atoms with van der Waals surface area (Å²) in [5.74, 6) is 0.578. The Labute approximate surface area is 118 Å². The molecule has 0 atom stereocenters. The molecule has 6 nitrogen and oxygen atoms in total. The third kappa shape index (κ3) is 3.77. The summed E-state index contributed by atoms with van der Waals surface area (Å²) in [7, 11) is -3.20. The smallest absolute Gasteiger partial charge is 0.339 e. The van der Waals surface area contributed by atoms with Gasteiger partial charge in [-0.15, -0.1) is 4.40 Å². The van der Waals surface area contributed by atoms with Gasteiger partial charge < -0.3 is 4.65 Å². The molecule has 0 unspecified atom stereocenters. The molecule has 0 saturated heterocycles. The predicted molar refractivity (Wildman–Crippen MR) is 80.9 cm³/mol. The van der Waals surface area contributed by atoms with E-state index < -0.39 is 10.0 Å². The average molecular weight is 291 g/mol. The highest BCUT2D eigenvalue weighted by atomic mass is 32.2. The summed E-state index contributed by atoms with van der Waals surface area (Å²) < 4.78 is 33.1. The zero-order valence-electron chi connectivity index (χ0n) is 11.1. The van der Waals surface area contributed by atoms with E-state index in [1.165, 1.54) is 12.1 Å². The van der Waals surface area contributed by atoms with E-state index >= 15 is 0 Å². The fraction of sp³-hybridized carbons (Fsp3) is 0.250. The number of nitrogens with zero attached hydrogens (tertiary/aromatic N) is 3. The molecule has 0 amide bonds. The third-order valence-electron chi connectivity index (χ3n) is 2.42. The lowest BCUT2D eigenvalue weighted by Crippen LogP contribution is -2.05. The van der Waals surface area contributed by atoms with Crippen LogP contribution in [0.4, 0.5) is 0 Å². The Morgan fingerprint density at radius 3 is 2.50 bits per heavy atom. The predicted octanol–water partition coefficient (Wildman–Crippen LogP) is 1.45. The molecule has 104 valence electrons. The maximum absolute atomic E-state index is 12.0. The van der Waals surface area contributed by atoms with E-state index in [4.69, 9.17) is 4.65 Å². The third-order valence-corrected chi connectivity index (χ3v) is 3.69. The van der Waals surface area contributed by atoms with Gasteiger partial charge >= 0.3 is 7.48 Å². The first kappa shape index (κ1) is 14.5. The first-order chi connectivity index (χ1) is 9.62. The van der Waals surface area contributed by atoms with Crippen LogP contribution in [0.25, 0.3) is 0 Å². The highest BCUT2D eigenvalue weighted by Gasteiger charge is 2.14. The quantitative estimate of drug-likeness (QED) is 0.770. The van der Waals surface area contributed by atoms with Gasteiger partial charge in [0, 0.05) is 18.9 Å². The van der Waals surface area contributed by atoms with Crippen LogP contribution >= 0.6 is 0 Å². The van der Waals surface area contributed by atoms with Gasteiger partial charge in [-0.1, -0.05) is 6.92 Å². The van der Waals surface area contributed by atoms with Crippen LogP contribution in [0.3, 0.4) is 0 Å². The van der Waals surface area contributed by atoms with E-state index in [1.54, 1.807) is 24.6 Å². The topological polar surface area (TPSA) is 80.5 Å². The van der Waals surface area contributed by atoms with Crippen LogP contribution in [0.1, 0.15) is 13.3 Å². The Bertz CT molecular complexity index is 637. The molecule has 0 aliphatic carbocycles. The number of sulfonamides is 1. The van der Waals surface area contributed by atoms with Gasteiger partial charge in [0.2, 0.25) is 0 Å². The lowest BCUT2D eigenvalue weighted by molar-refractivity contribution is 0.590. The molecule has 0 bridgehead atoms. The van der Waals surface area contributed by atoms with Gasteiger partial charge in [-0.2, -0.15) is 8.42 Å². The lowest BCUT2D eigenvalue weighted by Gasteiger charge is -2.05. The van der Waals surface area contributed by atoms with Gasteiger partial charge in [0.05, 0.1) is 10.6 Å². The molecule has 0 saturated carbocycles. The molecule has 0 fully saturated rings. The molecule has 1 aromatic carbocycles. The normalized spacial score (nSPS) is 14.2. The van der Waals surface area contributed by atoms with E-state index in [2.05, 4.69) is 14.4 Å². The van der Waals surface area contributed by atoms with Gasteiger partial charge in [0.1, 0.15) is 0 Å². The van der Waals surface area contributed by atoms with Crippen LogP contribution in [-0.4, -0.2) is 34.3 Å². The molecule has 1 heterocycles. The fourth-order valence-corrected chi connectivity index (χ4v) is 2.38. The van der Waals surface area contributed by atoms with Crippen molar-refractivity contribution < 1.29 is 13.1 Å². The molecule has 0 radical (unpaired) electrons. The van der Waals surface area contributed by atoms with Gasteiger partial charge in [-0.05, 0) is 30.6 Å². The first-order valence-corrected chi connectivity index (χ1v) is 7.69. The number of hydrogen-bond donors (Lipinski definition) is 0. The summed E-state index contributed by atoms with van der Waals surface area (Å²) >= 11 is 0. The number of rotatable bonds is 5. The molecule has 0 aromatic heterocycles. The summed E-state index contributed by atoms with van der Waals surface area (Å²) in [6, 6.07) is 6.13. The Balaban J connectivity index is 2.19. The molecule has 1 aliphatic rings. The second kappa shape index (κ2) is 6.47. The summed E-state index contributed by atoms with van der Waals surface area (Å²) in [5.41, 5.74) is 0. The highest BCUT2D eigenvalue weighted by Crippen LogP contribution is 2.18. The van der Waals surface area contributed by atoms with Crippen molar-refractivity contribution in [3.05, 3.63) is 24.3 Å². The molecule has 20 heavy (non-hydrogen) atoms. The first-order valence-electron chi connectivity index (χ1n) is 6.25. The standard InChI is InChI=1S/C12H14BN3O3S/c1-2-13-19-10-4-6-11(7-5-10)20(17,18)16-12-14-8-3-9-15-12/h4-9,13H,2-3H2,1H3. The summed E-state index contributed by atoms with van der Waals surface area (Å²) in [5, 5.41) is 0. The van der Waals surface area contributed by atoms with Crippen LogP contribution in [0.15, 0.2) is 43.5 Å². The number of benzene rings is 1. The minimum atomic E-state index is -3.79. The van der Waals surface area contributed by atoms with Crippen molar-refractivity contribution in [1.29, 1.82) is 0 Å². The zero-order valence-corrected chi connectivity index (χ0v) is 11.9.